The van der Waals surface area contributed by atoms with E-state index in [-0.39, 0.29) is 12.2 Å². The second-order valence-electron chi connectivity index (χ2n) is 6.77. The molecule has 0 spiro atoms. The van der Waals surface area contributed by atoms with Gasteiger partial charge in [-0.2, -0.15) is 4.89 Å². The summed E-state index contributed by atoms with van der Waals surface area (Å²) >= 11 is 0. The van der Waals surface area contributed by atoms with Crippen molar-refractivity contribution in [2.24, 2.45) is 0 Å². The highest BCUT2D eigenvalue weighted by Crippen LogP contribution is 2.43. The Hall–Kier alpha value is -2.50. The molecule has 1 N–H and O–H groups in total. The zero-order valence-electron chi connectivity index (χ0n) is 15.4. The Kier molecular flexibility index (Phi) is 6.04. The van der Waals surface area contributed by atoms with E-state index in [0.29, 0.717) is 28.7 Å². The van der Waals surface area contributed by atoms with Gasteiger partial charge in [0.1, 0.15) is 0 Å². The first-order valence-corrected chi connectivity index (χ1v) is 9.42. The van der Waals surface area contributed by atoms with Gasteiger partial charge in [0.15, 0.2) is 5.78 Å². The number of carbonyl (C=O) groups is 2. The minimum atomic E-state index is -1.83. The van der Waals surface area contributed by atoms with E-state index in [2.05, 4.69) is 6.92 Å². The minimum absolute atomic E-state index is 0.190. The van der Waals surface area contributed by atoms with Gasteiger partial charge >= 0.3 is 5.97 Å². The fourth-order valence-corrected chi connectivity index (χ4v) is 3.54. The molecule has 5 nitrogen and oxygen atoms in total. The first kappa shape index (κ1) is 19.3. The first-order chi connectivity index (χ1) is 13.1. The van der Waals surface area contributed by atoms with Crippen molar-refractivity contribution in [2.45, 2.75) is 51.2 Å². The molecule has 0 fully saturated rings. The van der Waals surface area contributed by atoms with E-state index < -0.39 is 11.8 Å². The van der Waals surface area contributed by atoms with Crippen LogP contribution in [0.1, 0.15) is 72.5 Å². The molecule has 0 amide bonds. The van der Waals surface area contributed by atoms with Gasteiger partial charge in [-0.05, 0) is 6.42 Å². The third-order valence-electron chi connectivity index (χ3n) is 4.92. The maximum Gasteiger partial charge on any atom is 0.308 e. The van der Waals surface area contributed by atoms with E-state index >= 15 is 0 Å². The van der Waals surface area contributed by atoms with Crippen LogP contribution in [0, 0.1) is 0 Å². The maximum absolute atomic E-state index is 12.8. The molecule has 0 aliphatic heterocycles. The predicted octanol–water partition coefficient (Wildman–Crippen LogP) is 4.83. The van der Waals surface area contributed by atoms with E-state index in [1.54, 1.807) is 48.5 Å². The molecule has 0 heterocycles. The number of benzene rings is 2. The molecule has 1 aliphatic rings. The summed E-state index contributed by atoms with van der Waals surface area (Å²) in [6, 6.07) is 13.4. The lowest BCUT2D eigenvalue weighted by Gasteiger charge is -2.36. The summed E-state index contributed by atoms with van der Waals surface area (Å²) < 4.78 is 5.67. The van der Waals surface area contributed by atoms with E-state index in [0.717, 1.165) is 25.7 Å². The number of unbranched alkanes of at least 4 members (excludes halogenated alkanes) is 4. The van der Waals surface area contributed by atoms with Crippen molar-refractivity contribution in [1.82, 2.24) is 0 Å². The molecule has 0 saturated heterocycles. The molecule has 2 aromatic rings. The zero-order chi connectivity index (χ0) is 19.3. The molecule has 0 saturated carbocycles. The molecule has 1 aliphatic carbocycles. The molecule has 27 heavy (non-hydrogen) atoms. The van der Waals surface area contributed by atoms with Gasteiger partial charge in [-0.15, -0.1) is 0 Å². The quantitative estimate of drug-likeness (QED) is 0.238. The van der Waals surface area contributed by atoms with E-state index in [1.807, 2.05) is 0 Å². The lowest BCUT2D eigenvalue weighted by atomic mass is 9.80. The van der Waals surface area contributed by atoms with Crippen LogP contribution >= 0.6 is 0 Å². The molecule has 0 aromatic heterocycles. The van der Waals surface area contributed by atoms with E-state index in [1.165, 1.54) is 0 Å². The van der Waals surface area contributed by atoms with Crippen LogP contribution in [0.3, 0.4) is 0 Å². The third kappa shape index (κ3) is 3.66. The Morgan fingerprint density at radius 1 is 0.926 bits per heavy atom. The monoisotopic (exact) mass is 368 g/mol. The van der Waals surface area contributed by atoms with Gasteiger partial charge in [0, 0.05) is 28.7 Å². The number of carbonyl (C=O) groups excluding carboxylic acids is 2. The fraction of sp³-hybridized carbons (Fsp3) is 0.364. The summed E-state index contributed by atoms with van der Waals surface area (Å²) in [5, 5.41) is 9.82. The van der Waals surface area contributed by atoms with Gasteiger partial charge in [0.2, 0.25) is 0 Å². The van der Waals surface area contributed by atoms with Crippen molar-refractivity contribution in [3.63, 3.8) is 0 Å². The molecule has 0 atom stereocenters. The van der Waals surface area contributed by atoms with Gasteiger partial charge in [-0.25, -0.2) is 5.26 Å². The zero-order valence-corrected chi connectivity index (χ0v) is 15.4. The number of ketones is 1. The molecule has 142 valence electrons. The normalized spacial score (nSPS) is 14.4. The van der Waals surface area contributed by atoms with Crippen LogP contribution in [-0.4, -0.2) is 17.0 Å². The maximum atomic E-state index is 12.8. The van der Waals surface area contributed by atoms with Gasteiger partial charge < -0.3 is 4.74 Å². The highest BCUT2D eigenvalue weighted by molar-refractivity contribution is 6.13. The Morgan fingerprint density at radius 3 is 2.04 bits per heavy atom. The summed E-state index contributed by atoms with van der Waals surface area (Å²) in [4.78, 5) is 30.1. The van der Waals surface area contributed by atoms with Crippen molar-refractivity contribution < 1.29 is 24.5 Å². The van der Waals surface area contributed by atoms with Gasteiger partial charge in [0.25, 0.3) is 5.79 Å². The average Bonchev–Trinajstić information content (AvgIpc) is 2.71. The predicted molar refractivity (Wildman–Crippen MR) is 100 cm³/mol. The van der Waals surface area contributed by atoms with Crippen LogP contribution in [0.4, 0.5) is 0 Å². The lowest BCUT2D eigenvalue weighted by molar-refractivity contribution is -0.384. The van der Waals surface area contributed by atoms with Crippen LogP contribution in [0.2, 0.25) is 0 Å². The van der Waals surface area contributed by atoms with Crippen LogP contribution < -0.4 is 0 Å². The molecular formula is C22H24O5. The second kappa shape index (κ2) is 8.46. The van der Waals surface area contributed by atoms with Crippen LogP contribution in [-0.2, 0) is 20.2 Å². The number of esters is 1. The summed E-state index contributed by atoms with van der Waals surface area (Å²) in [5.41, 5.74) is 1.35. The Balaban J connectivity index is 1.91. The van der Waals surface area contributed by atoms with Crippen molar-refractivity contribution in [3.05, 3.63) is 70.8 Å². The Bertz CT molecular complexity index is 777. The summed E-state index contributed by atoms with van der Waals surface area (Å²) in [7, 11) is 0. The summed E-state index contributed by atoms with van der Waals surface area (Å²) in [6.45, 7) is 2.13. The van der Waals surface area contributed by atoms with Crippen LogP contribution in [0.25, 0.3) is 0 Å². The van der Waals surface area contributed by atoms with E-state index in [9.17, 15) is 14.8 Å². The number of hydrogen-bond donors (Lipinski definition) is 1. The second-order valence-corrected chi connectivity index (χ2v) is 6.77. The molecule has 0 bridgehead atoms. The summed E-state index contributed by atoms with van der Waals surface area (Å²) in [6.07, 6.45) is 5.23. The van der Waals surface area contributed by atoms with Crippen molar-refractivity contribution >= 4 is 11.8 Å². The summed E-state index contributed by atoms with van der Waals surface area (Å²) in [5.74, 6) is -2.49. The first-order valence-electron chi connectivity index (χ1n) is 9.42. The fourth-order valence-electron chi connectivity index (χ4n) is 3.54. The number of hydrogen-bond acceptors (Lipinski definition) is 5. The molecule has 5 heteroatoms. The van der Waals surface area contributed by atoms with Gasteiger partial charge in [-0.3, -0.25) is 9.59 Å². The molecule has 2 aromatic carbocycles. The van der Waals surface area contributed by atoms with Crippen molar-refractivity contribution in [2.75, 3.05) is 0 Å². The van der Waals surface area contributed by atoms with Crippen molar-refractivity contribution in [1.29, 1.82) is 0 Å². The standard InChI is InChI=1S/C22H24O5/c1-2-3-4-5-6-15-20(23)26-22(27-25)18-13-9-7-11-16(18)21(24)17-12-8-10-14-19(17)22/h7-14,25H,2-6,15H2,1H3. The molecule has 0 unspecified atom stereocenters. The largest absolute Gasteiger partial charge is 0.421 e. The van der Waals surface area contributed by atoms with Crippen LogP contribution in [0.5, 0.6) is 0 Å². The topological polar surface area (TPSA) is 72.8 Å². The SMILES string of the molecule is CCCCCCCC(=O)OC1(OO)c2ccccc2C(=O)c2ccccc21. The molecule has 3 rings (SSSR count). The number of ether oxygens (including phenoxy) is 1. The smallest absolute Gasteiger partial charge is 0.308 e. The Morgan fingerprint density at radius 2 is 1.48 bits per heavy atom. The highest BCUT2D eigenvalue weighted by atomic mass is 17.1. The molecule has 0 radical (unpaired) electrons. The van der Waals surface area contributed by atoms with Crippen molar-refractivity contribution in [3.8, 4) is 0 Å². The number of rotatable bonds is 8. The van der Waals surface area contributed by atoms with Gasteiger partial charge in [-0.1, -0.05) is 81.1 Å². The van der Waals surface area contributed by atoms with Crippen LogP contribution in [0.15, 0.2) is 48.5 Å². The highest BCUT2D eigenvalue weighted by Gasteiger charge is 2.48. The minimum Gasteiger partial charge on any atom is -0.421 e. The van der Waals surface area contributed by atoms with Gasteiger partial charge in [0.05, 0.1) is 0 Å². The molecular weight excluding hydrogens is 344 g/mol. The Labute approximate surface area is 158 Å². The average molecular weight is 368 g/mol. The van der Waals surface area contributed by atoms with E-state index in [4.69, 9.17) is 9.62 Å². The number of fused-ring (bicyclic) bond motifs is 2. The third-order valence-corrected chi connectivity index (χ3v) is 4.92. The lowest BCUT2D eigenvalue weighted by Crippen LogP contribution is -2.41.